The average Bonchev–Trinajstić information content (AvgIpc) is 3.44. The molecule has 17 nitrogen and oxygen atoms in total. The zero-order valence-electron chi connectivity index (χ0n) is 51.9. The number of hydrogen-bond acceptors (Lipinski definition) is 15. The Morgan fingerprint density at radius 3 is 0.877 bits per heavy atom. The number of phosphoric acid groups is 2. The normalized spacial score (nSPS) is 14.6. The number of phosphoric ester groups is 2. The predicted octanol–water partition coefficient (Wildman–Crippen LogP) is 17.0. The maximum Gasteiger partial charge on any atom is 0.472 e. The number of aliphatic hydroxyl groups excluding tert-OH is 1. The van der Waals surface area contributed by atoms with Crippen molar-refractivity contribution in [3.05, 3.63) is 0 Å². The summed E-state index contributed by atoms with van der Waals surface area (Å²) in [6, 6.07) is 0. The second kappa shape index (κ2) is 55.9. The topological polar surface area (TPSA) is 237 Å². The zero-order valence-corrected chi connectivity index (χ0v) is 53.7. The zero-order chi connectivity index (χ0) is 59.9. The van der Waals surface area contributed by atoms with E-state index in [1.165, 1.54) is 109 Å². The number of carbonyl (C=O) groups is 4. The summed E-state index contributed by atoms with van der Waals surface area (Å²) in [7, 11) is -9.87. The molecule has 19 heteroatoms. The molecule has 0 aromatic rings. The fraction of sp³-hybridized carbons (Fsp3) is 0.935. The quantitative estimate of drug-likeness (QED) is 0.0222. The van der Waals surface area contributed by atoms with E-state index >= 15 is 0 Å². The Kier molecular flexibility index (Phi) is 54.6. The fourth-order valence-corrected chi connectivity index (χ4v) is 10.8. The average molecular weight is 1200 g/mol. The van der Waals surface area contributed by atoms with Gasteiger partial charge in [-0.3, -0.25) is 37.3 Å². The number of ether oxygens (including phenoxy) is 4. The van der Waals surface area contributed by atoms with E-state index in [2.05, 4.69) is 34.6 Å². The highest BCUT2D eigenvalue weighted by molar-refractivity contribution is 7.47. The number of rotatable bonds is 62. The highest BCUT2D eigenvalue weighted by atomic mass is 31.2. The van der Waals surface area contributed by atoms with E-state index in [-0.39, 0.29) is 25.7 Å². The molecule has 3 N–H and O–H groups in total. The van der Waals surface area contributed by atoms with E-state index in [9.17, 15) is 43.2 Å². The van der Waals surface area contributed by atoms with E-state index in [4.69, 9.17) is 37.0 Å². The molecule has 0 aliphatic rings. The van der Waals surface area contributed by atoms with Gasteiger partial charge in [-0.1, -0.05) is 259 Å². The van der Waals surface area contributed by atoms with Crippen molar-refractivity contribution in [2.24, 2.45) is 5.92 Å². The summed E-state index contributed by atoms with van der Waals surface area (Å²) in [5.74, 6) is -1.34. The Morgan fingerprint density at radius 1 is 0.346 bits per heavy atom. The maximum absolute atomic E-state index is 13.0. The first-order valence-corrected chi connectivity index (χ1v) is 35.7. The first-order valence-electron chi connectivity index (χ1n) is 32.7. The van der Waals surface area contributed by atoms with E-state index < -0.39 is 97.5 Å². The molecule has 0 fully saturated rings. The lowest BCUT2D eigenvalue weighted by Crippen LogP contribution is -2.30. The SMILES string of the molecule is CCCCCCCCCCCCCCCC(=O)OC[C@H](COP(=O)(O)OC[C@@H](O)COP(=O)(O)OC[C@@H](COC(=O)CCCCCCCCC)OC(=O)CCCCCCCCC)OC(=O)CCCCCCCCCCCCC(C)CC. The summed E-state index contributed by atoms with van der Waals surface area (Å²) in [5, 5.41) is 10.5. The second-order valence-electron chi connectivity index (χ2n) is 22.7. The summed E-state index contributed by atoms with van der Waals surface area (Å²) in [5.41, 5.74) is 0. The van der Waals surface area contributed by atoms with E-state index in [0.29, 0.717) is 25.7 Å². The van der Waals surface area contributed by atoms with Gasteiger partial charge in [-0.2, -0.15) is 0 Å². The highest BCUT2D eigenvalue weighted by Gasteiger charge is 2.30. The van der Waals surface area contributed by atoms with E-state index in [1.54, 1.807) is 0 Å². The van der Waals surface area contributed by atoms with Crippen molar-refractivity contribution in [2.45, 2.75) is 329 Å². The molecule has 3 unspecified atom stereocenters. The fourth-order valence-electron chi connectivity index (χ4n) is 9.20. The van der Waals surface area contributed by atoms with Crippen LogP contribution in [0.3, 0.4) is 0 Å². The van der Waals surface area contributed by atoms with Gasteiger partial charge in [0.05, 0.1) is 26.4 Å². The smallest absolute Gasteiger partial charge is 0.462 e. The second-order valence-corrected chi connectivity index (χ2v) is 25.6. The van der Waals surface area contributed by atoms with Crippen LogP contribution in [-0.4, -0.2) is 96.7 Å². The molecule has 480 valence electrons. The van der Waals surface area contributed by atoms with Crippen molar-refractivity contribution in [2.75, 3.05) is 39.6 Å². The molecule has 81 heavy (non-hydrogen) atoms. The van der Waals surface area contributed by atoms with E-state index in [0.717, 1.165) is 121 Å². The molecule has 0 heterocycles. The minimum atomic E-state index is -4.94. The Bertz CT molecular complexity index is 1590. The Labute approximate surface area is 492 Å². The van der Waals surface area contributed by atoms with Crippen molar-refractivity contribution in [3.63, 3.8) is 0 Å². The standard InChI is InChI=1S/C62H120O17P2/c1-6-10-13-16-19-20-21-22-23-27-32-36-41-46-60(65)73-52-58(79-62(67)48-43-38-33-28-25-24-26-31-34-39-44-55(5)9-4)54-77-81(70,71)75-50-56(63)49-74-80(68,69)76-53-57(78-61(66)47-42-37-30-18-15-12-8-3)51-72-59(64)45-40-35-29-17-14-11-7-2/h55-58,63H,6-54H2,1-5H3,(H,68,69)(H,70,71)/t55?,56-,57+,58+/m0/s1. The molecule has 0 aromatic carbocycles. The van der Waals surface area contributed by atoms with Crippen LogP contribution in [0.25, 0.3) is 0 Å². The lowest BCUT2D eigenvalue weighted by molar-refractivity contribution is -0.161. The van der Waals surface area contributed by atoms with Gasteiger partial charge in [0, 0.05) is 25.7 Å². The number of unbranched alkanes of at least 4 members (excludes halogenated alkanes) is 33. The Balaban J connectivity index is 5.19. The summed E-state index contributed by atoms with van der Waals surface area (Å²) < 4.78 is 67.7. The van der Waals surface area contributed by atoms with Gasteiger partial charge < -0.3 is 33.8 Å². The first kappa shape index (κ1) is 79.1. The van der Waals surface area contributed by atoms with Crippen LogP contribution >= 0.6 is 15.6 Å². The molecular weight excluding hydrogens is 1080 g/mol. The maximum atomic E-state index is 13.0. The highest BCUT2D eigenvalue weighted by Crippen LogP contribution is 2.45. The van der Waals surface area contributed by atoms with Crippen LogP contribution in [0.2, 0.25) is 0 Å². The third kappa shape index (κ3) is 55.7. The predicted molar refractivity (Wildman–Crippen MR) is 322 cm³/mol. The first-order chi connectivity index (χ1) is 39.1. The van der Waals surface area contributed by atoms with Gasteiger partial charge in [-0.25, -0.2) is 9.13 Å². The van der Waals surface area contributed by atoms with Crippen molar-refractivity contribution in [1.29, 1.82) is 0 Å². The van der Waals surface area contributed by atoms with Crippen LogP contribution in [0.1, 0.15) is 311 Å². The van der Waals surface area contributed by atoms with Gasteiger partial charge in [-0.15, -0.1) is 0 Å². The summed E-state index contributed by atoms with van der Waals surface area (Å²) in [6.45, 7) is 7.12. The van der Waals surface area contributed by atoms with Crippen molar-refractivity contribution >= 4 is 39.5 Å². The minimum Gasteiger partial charge on any atom is -0.462 e. The molecular formula is C62H120O17P2. The van der Waals surface area contributed by atoms with Crippen LogP contribution in [0, 0.1) is 5.92 Å². The van der Waals surface area contributed by atoms with Gasteiger partial charge >= 0.3 is 39.5 Å². The number of aliphatic hydroxyl groups is 1. The van der Waals surface area contributed by atoms with E-state index in [1.807, 2.05) is 0 Å². The van der Waals surface area contributed by atoms with Crippen LogP contribution < -0.4 is 0 Å². The molecule has 0 rings (SSSR count). The molecule has 0 amide bonds. The minimum absolute atomic E-state index is 0.103. The number of carbonyl (C=O) groups excluding carboxylic acids is 4. The van der Waals surface area contributed by atoms with Gasteiger partial charge in [0.25, 0.3) is 0 Å². The third-order valence-corrected chi connectivity index (χ3v) is 16.5. The van der Waals surface area contributed by atoms with Crippen molar-refractivity contribution in [1.82, 2.24) is 0 Å². The van der Waals surface area contributed by atoms with Crippen LogP contribution in [-0.2, 0) is 65.4 Å². The summed E-state index contributed by atoms with van der Waals surface area (Å²) in [4.78, 5) is 71.9. The van der Waals surface area contributed by atoms with Crippen molar-refractivity contribution < 1.29 is 80.2 Å². The number of esters is 4. The molecule has 6 atom stereocenters. The monoisotopic (exact) mass is 1200 g/mol. The van der Waals surface area contributed by atoms with Gasteiger partial charge in [0.1, 0.15) is 19.3 Å². The summed E-state index contributed by atoms with van der Waals surface area (Å²) >= 11 is 0. The molecule has 0 radical (unpaired) electrons. The van der Waals surface area contributed by atoms with Gasteiger partial charge in [-0.05, 0) is 31.6 Å². The van der Waals surface area contributed by atoms with Crippen molar-refractivity contribution in [3.8, 4) is 0 Å². The molecule has 0 aliphatic carbocycles. The third-order valence-electron chi connectivity index (χ3n) is 14.6. The van der Waals surface area contributed by atoms with Gasteiger partial charge in [0.2, 0.25) is 0 Å². The molecule has 0 aliphatic heterocycles. The molecule has 0 saturated heterocycles. The largest absolute Gasteiger partial charge is 0.472 e. The van der Waals surface area contributed by atoms with Crippen LogP contribution in [0.15, 0.2) is 0 Å². The molecule has 0 saturated carbocycles. The molecule has 0 aromatic heterocycles. The lowest BCUT2D eigenvalue weighted by atomic mass is 9.99. The molecule has 0 spiro atoms. The number of hydrogen-bond donors (Lipinski definition) is 3. The Morgan fingerprint density at radius 2 is 0.593 bits per heavy atom. The van der Waals surface area contributed by atoms with Crippen LogP contribution in [0.5, 0.6) is 0 Å². The molecule has 0 bridgehead atoms. The van der Waals surface area contributed by atoms with Crippen LogP contribution in [0.4, 0.5) is 0 Å². The Hall–Kier alpha value is -1.94. The summed E-state index contributed by atoms with van der Waals surface area (Å²) in [6.07, 6.45) is 39.1. The lowest BCUT2D eigenvalue weighted by Gasteiger charge is -2.21. The van der Waals surface area contributed by atoms with Gasteiger partial charge in [0.15, 0.2) is 12.2 Å².